The number of carbonyl (C=O) groups is 2. The molecular formula is C11H12ClNO3. The SMILES string of the molecule is CC(C)C(=O)C(=O)OCc1cccnc1Cl. The summed E-state index contributed by atoms with van der Waals surface area (Å²) in [5.74, 6) is -1.74. The van der Waals surface area contributed by atoms with Gasteiger partial charge in [-0.2, -0.15) is 0 Å². The second kappa shape index (κ2) is 5.61. The Labute approximate surface area is 98.6 Å². The smallest absolute Gasteiger partial charge is 0.375 e. The van der Waals surface area contributed by atoms with Gasteiger partial charge < -0.3 is 4.74 Å². The number of hydrogen-bond donors (Lipinski definition) is 0. The number of aromatic nitrogens is 1. The van der Waals surface area contributed by atoms with Gasteiger partial charge in [0, 0.05) is 17.7 Å². The van der Waals surface area contributed by atoms with Crippen molar-refractivity contribution < 1.29 is 14.3 Å². The molecule has 0 spiro atoms. The van der Waals surface area contributed by atoms with Crippen molar-refractivity contribution in [2.45, 2.75) is 20.5 Å². The summed E-state index contributed by atoms with van der Waals surface area (Å²) in [5, 5.41) is 0.271. The standard InChI is InChI=1S/C11H12ClNO3/c1-7(2)9(14)11(15)16-6-8-4-3-5-13-10(8)12/h3-5,7H,6H2,1-2H3. The third kappa shape index (κ3) is 3.31. The first-order valence-corrected chi connectivity index (χ1v) is 5.20. The molecule has 1 rings (SSSR count). The second-order valence-corrected chi connectivity index (χ2v) is 3.91. The maximum atomic E-state index is 11.2. The van der Waals surface area contributed by atoms with Gasteiger partial charge in [0.05, 0.1) is 0 Å². The topological polar surface area (TPSA) is 56.3 Å². The summed E-state index contributed by atoms with van der Waals surface area (Å²) in [6, 6.07) is 3.36. The predicted octanol–water partition coefficient (Wildman–Crippen LogP) is 2.00. The molecule has 1 aromatic heterocycles. The van der Waals surface area contributed by atoms with Crippen molar-refractivity contribution in [3.8, 4) is 0 Å². The van der Waals surface area contributed by atoms with Gasteiger partial charge in [0.1, 0.15) is 11.8 Å². The zero-order valence-electron chi connectivity index (χ0n) is 9.07. The molecule has 4 nitrogen and oxygen atoms in total. The molecule has 1 heterocycles. The van der Waals surface area contributed by atoms with E-state index in [1.807, 2.05) is 0 Å². The fraction of sp³-hybridized carbons (Fsp3) is 0.364. The number of esters is 1. The quantitative estimate of drug-likeness (QED) is 0.460. The van der Waals surface area contributed by atoms with Crippen LogP contribution in [-0.2, 0) is 20.9 Å². The van der Waals surface area contributed by atoms with E-state index in [4.69, 9.17) is 16.3 Å². The zero-order chi connectivity index (χ0) is 12.1. The molecule has 0 aliphatic carbocycles. The average Bonchev–Trinajstić information content (AvgIpc) is 2.26. The third-order valence-corrected chi connectivity index (χ3v) is 2.26. The van der Waals surface area contributed by atoms with E-state index in [0.29, 0.717) is 5.56 Å². The molecule has 0 saturated heterocycles. The molecule has 0 aliphatic heterocycles. The van der Waals surface area contributed by atoms with Crippen LogP contribution in [0.15, 0.2) is 18.3 Å². The van der Waals surface area contributed by atoms with Crippen LogP contribution >= 0.6 is 11.6 Å². The minimum atomic E-state index is -0.838. The lowest BCUT2D eigenvalue weighted by Crippen LogP contribution is -2.22. The largest absolute Gasteiger partial charge is 0.455 e. The molecule has 16 heavy (non-hydrogen) atoms. The highest BCUT2D eigenvalue weighted by molar-refractivity contribution is 6.34. The monoisotopic (exact) mass is 241 g/mol. The van der Waals surface area contributed by atoms with Gasteiger partial charge in [-0.25, -0.2) is 9.78 Å². The lowest BCUT2D eigenvalue weighted by molar-refractivity contribution is -0.156. The van der Waals surface area contributed by atoms with E-state index in [2.05, 4.69) is 4.98 Å². The number of ether oxygens (including phenoxy) is 1. The van der Waals surface area contributed by atoms with Gasteiger partial charge in [-0.15, -0.1) is 0 Å². The van der Waals surface area contributed by atoms with Crippen LogP contribution in [0.5, 0.6) is 0 Å². The minimum absolute atomic E-state index is 0.0377. The van der Waals surface area contributed by atoms with Crippen molar-refractivity contribution in [1.82, 2.24) is 4.98 Å². The van der Waals surface area contributed by atoms with Crippen LogP contribution in [0.25, 0.3) is 0 Å². The van der Waals surface area contributed by atoms with Crippen LogP contribution in [0, 0.1) is 5.92 Å². The molecule has 0 fully saturated rings. The molecule has 0 aromatic carbocycles. The van der Waals surface area contributed by atoms with Gasteiger partial charge in [0.2, 0.25) is 5.78 Å². The van der Waals surface area contributed by atoms with E-state index in [1.54, 1.807) is 26.0 Å². The Hall–Kier alpha value is -1.42. The van der Waals surface area contributed by atoms with Crippen molar-refractivity contribution in [3.63, 3.8) is 0 Å². The van der Waals surface area contributed by atoms with Crippen LogP contribution in [-0.4, -0.2) is 16.7 Å². The Morgan fingerprint density at radius 2 is 2.19 bits per heavy atom. The molecular weight excluding hydrogens is 230 g/mol. The molecule has 0 bridgehead atoms. The van der Waals surface area contributed by atoms with E-state index < -0.39 is 11.8 Å². The lowest BCUT2D eigenvalue weighted by Gasteiger charge is -2.06. The Balaban J connectivity index is 2.56. The number of halogens is 1. The van der Waals surface area contributed by atoms with E-state index in [-0.39, 0.29) is 17.7 Å². The summed E-state index contributed by atoms with van der Waals surface area (Å²) in [5.41, 5.74) is 0.578. The van der Waals surface area contributed by atoms with Crippen LogP contribution < -0.4 is 0 Å². The second-order valence-electron chi connectivity index (χ2n) is 3.55. The zero-order valence-corrected chi connectivity index (χ0v) is 9.82. The van der Waals surface area contributed by atoms with Gasteiger partial charge in [0.25, 0.3) is 0 Å². The van der Waals surface area contributed by atoms with Crippen LogP contribution in [0.2, 0.25) is 5.15 Å². The summed E-state index contributed by atoms with van der Waals surface area (Å²) in [4.78, 5) is 26.3. The first-order chi connectivity index (χ1) is 7.52. The van der Waals surface area contributed by atoms with Crippen molar-refractivity contribution in [1.29, 1.82) is 0 Å². The Morgan fingerprint density at radius 1 is 1.50 bits per heavy atom. The highest BCUT2D eigenvalue weighted by atomic mass is 35.5. The molecule has 0 aliphatic rings. The fourth-order valence-corrected chi connectivity index (χ4v) is 1.15. The first kappa shape index (κ1) is 12.6. The van der Waals surface area contributed by atoms with E-state index in [0.717, 1.165) is 0 Å². The summed E-state index contributed by atoms with van der Waals surface area (Å²) in [7, 11) is 0. The number of rotatable bonds is 4. The van der Waals surface area contributed by atoms with Gasteiger partial charge in [-0.1, -0.05) is 31.5 Å². The predicted molar refractivity (Wildman–Crippen MR) is 58.9 cm³/mol. The van der Waals surface area contributed by atoms with Crippen molar-refractivity contribution in [2.75, 3.05) is 0 Å². The molecule has 0 N–H and O–H groups in total. The third-order valence-electron chi connectivity index (χ3n) is 1.92. The summed E-state index contributed by atoms with van der Waals surface area (Å²) in [6.45, 7) is 3.24. The van der Waals surface area contributed by atoms with Crippen molar-refractivity contribution in [3.05, 3.63) is 29.0 Å². The van der Waals surface area contributed by atoms with E-state index in [9.17, 15) is 9.59 Å². The molecule has 0 unspecified atom stereocenters. The highest BCUT2D eigenvalue weighted by Gasteiger charge is 2.19. The van der Waals surface area contributed by atoms with Gasteiger partial charge >= 0.3 is 5.97 Å². The average molecular weight is 242 g/mol. The number of nitrogens with zero attached hydrogens (tertiary/aromatic N) is 1. The molecule has 1 aromatic rings. The summed E-state index contributed by atoms with van der Waals surface area (Å²) < 4.78 is 4.82. The number of hydrogen-bond acceptors (Lipinski definition) is 4. The summed E-state index contributed by atoms with van der Waals surface area (Å²) >= 11 is 5.76. The van der Waals surface area contributed by atoms with Crippen molar-refractivity contribution >= 4 is 23.4 Å². The van der Waals surface area contributed by atoms with Crippen LogP contribution in [0.1, 0.15) is 19.4 Å². The van der Waals surface area contributed by atoms with Gasteiger partial charge in [-0.05, 0) is 6.07 Å². The normalized spacial score (nSPS) is 10.2. The molecule has 5 heteroatoms. The number of Topliss-reactive ketones (excluding diaryl/α,β-unsaturated/α-hetero) is 1. The number of pyridine rings is 1. The molecule has 0 amide bonds. The van der Waals surface area contributed by atoms with Crippen LogP contribution in [0.3, 0.4) is 0 Å². The van der Waals surface area contributed by atoms with Gasteiger partial charge in [0.15, 0.2) is 0 Å². The number of carbonyl (C=O) groups excluding carboxylic acids is 2. The molecule has 0 saturated carbocycles. The Morgan fingerprint density at radius 3 is 2.75 bits per heavy atom. The van der Waals surface area contributed by atoms with Crippen molar-refractivity contribution in [2.24, 2.45) is 5.92 Å². The lowest BCUT2D eigenvalue weighted by atomic mass is 10.1. The minimum Gasteiger partial charge on any atom is -0.455 e. The fourth-order valence-electron chi connectivity index (χ4n) is 0.977. The maximum Gasteiger partial charge on any atom is 0.375 e. The van der Waals surface area contributed by atoms with Gasteiger partial charge in [-0.3, -0.25) is 4.79 Å². The Kier molecular flexibility index (Phi) is 4.43. The molecule has 0 radical (unpaired) electrons. The highest BCUT2D eigenvalue weighted by Crippen LogP contribution is 2.12. The Bertz CT molecular complexity index is 404. The number of ketones is 1. The van der Waals surface area contributed by atoms with E-state index in [1.165, 1.54) is 6.20 Å². The summed E-state index contributed by atoms with van der Waals surface area (Å²) in [6.07, 6.45) is 1.53. The van der Waals surface area contributed by atoms with Crippen LogP contribution in [0.4, 0.5) is 0 Å². The first-order valence-electron chi connectivity index (χ1n) is 4.82. The maximum absolute atomic E-state index is 11.2. The molecule has 86 valence electrons. The van der Waals surface area contributed by atoms with E-state index >= 15 is 0 Å². The molecule has 0 atom stereocenters.